The summed E-state index contributed by atoms with van der Waals surface area (Å²) >= 11 is 12.5. The maximum absolute atomic E-state index is 14.5. The van der Waals surface area contributed by atoms with Crippen LogP contribution in [0.25, 0.3) is 0 Å². The zero-order valence-corrected chi connectivity index (χ0v) is 28.0. The van der Waals surface area contributed by atoms with E-state index in [4.69, 9.17) is 23.2 Å². The van der Waals surface area contributed by atoms with Gasteiger partial charge in [0.2, 0.25) is 11.8 Å². The number of benzene rings is 4. The van der Waals surface area contributed by atoms with Crippen LogP contribution >= 0.6 is 23.2 Å². The molecule has 0 saturated carbocycles. The minimum absolute atomic E-state index is 0.00909. The van der Waals surface area contributed by atoms with Gasteiger partial charge in [-0.3, -0.25) is 13.9 Å². The molecule has 0 spiro atoms. The van der Waals surface area contributed by atoms with Crippen molar-refractivity contribution >= 4 is 50.7 Å². The molecule has 0 unspecified atom stereocenters. The maximum Gasteiger partial charge on any atom is 0.264 e. The summed E-state index contributed by atoms with van der Waals surface area (Å²) in [5.74, 6) is -0.911. The second-order valence-electron chi connectivity index (χ2n) is 11.3. The average Bonchev–Trinajstić information content (AvgIpc) is 3.00. The number of hydrogen-bond donors (Lipinski definition) is 1. The lowest BCUT2D eigenvalue weighted by molar-refractivity contribution is -0.140. The number of anilines is 1. The molecule has 1 N–H and O–H groups in total. The third-order valence-electron chi connectivity index (χ3n) is 7.27. The Morgan fingerprint density at radius 3 is 2.04 bits per heavy atom. The van der Waals surface area contributed by atoms with E-state index in [2.05, 4.69) is 5.32 Å². The number of rotatable bonds is 12. The van der Waals surface area contributed by atoms with Gasteiger partial charge in [0, 0.05) is 19.0 Å². The Balaban J connectivity index is 1.84. The van der Waals surface area contributed by atoms with Crippen molar-refractivity contribution in [2.45, 2.75) is 57.6 Å². The summed E-state index contributed by atoms with van der Waals surface area (Å²) in [6.07, 6.45) is 0.210. The molecule has 0 fully saturated rings. The molecule has 0 radical (unpaired) electrons. The second-order valence-corrected chi connectivity index (χ2v) is 13.9. The fraction of sp³-hybridized carbons (Fsp3) is 0.257. The molecule has 0 aromatic heterocycles. The largest absolute Gasteiger partial charge is 0.352 e. The number of hydrogen-bond acceptors (Lipinski definition) is 4. The van der Waals surface area contributed by atoms with Gasteiger partial charge in [0.1, 0.15) is 12.6 Å². The molecule has 4 rings (SSSR count). The topological polar surface area (TPSA) is 86.8 Å². The predicted molar refractivity (Wildman–Crippen MR) is 181 cm³/mol. The predicted octanol–water partition coefficient (Wildman–Crippen LogP) is 6.97. The summed E-state index contributed by atoms with van der Waals surface area (Å²) in [6.45, 7) is 6.86. The third-order valence-corrected chi connectivity index (χ3v) is 9.78. The van der Waals surface area contributed by atoms with Crippen molar-refractivity contribution in [3.05, 3.63) is 129 Å². The van der Waals surface area contributed by atoms with E-state index in [0.29, 0.717) is 26.9 Å². The van der Waals surface area contributed by atoms with E-state index in [1.165, 1.54) is 17.0 Å². The molecule has 4 aromatic rings. The lowest BCUT2D eigenvalue weighted by atomic mass is 10.0. The van der Waals surface area contributed by atoms with Gasteiger partial charge in [-0.1, -0.05) is 95.5 Å². The van der Waals surface area contributed by atoms with Crippen molar-refractivity contribution in [1.29, 1.82) is 0 Å². The first-order valence-electron chi connectivity index (χ1n) is 14.6. The molecule has 45 heavy (non-hydrogen) atoms. The van der Waals surface area contributed by atoms with E-state index in [0.717, 1.165) is 15.4 Å². The van der Waals surface area contributed by atoms with Crippen molar-refractivity contribution in [2.75, 3.05) is 10.8 Å². The number of nitrogens with one attached hydrogen (secondary N) is 1. The van der Waals surface area contributed by atoms with Crippen molar-refractivity contribution in [1.82, 2.24) is 10.2 Å². The van der Waals surface area contributed by atoms with Crippen molar-refractivity contribution < 1.29 is 18.0 Å². The maximum atomic E-state index is 14.5. The van der Waals surface area contributed by atoms with Crippen molar-refractivity contribution in [3.63, 3.8) is 0 Å². The highest BCUT2D eigenvalue weighted by molar-refractivity contribution is 7.92. The van der Waals surface area contributed by atoms with Gasteiger partial charge in [-0.15, -0.1) is 0 Å². The Kier molecular flexibility index (Phi) is 11.3. The fourth-order valence-electron chi connectivity index (χ4n) is 5.09. The van der Waals surface area contributed by atoms with Crippen LogP contribution in [0.1, 0.15) is 36.1 Å². The van der Waals surface area contributed by atoms with E-state index in [1.54, 1.807) is 42.5 Å². The summed E-state index contributed by atoms with van der Waals surface area (Å²) in [5.41, 5.74) is 3.50. The molecular weight excluding hydrogens is 629 g/mol. The van der Waals surface area contributed by atoms with Gasteiger partial charge < -0.3 is 10.2 Å². The standard InChI is InChI=1S/C35H37Cl2N3O4S/c1-24(2)38-35(42)33(21-27-11-7-5-8-12-27)39(22-28-16-17-30(36)31(37)20-28)34(41)23-40(32-18-15-25(3)19-26(32)4)45(43,44)29-13-9-6-10-14-29/h5-20,24,33H,21-23H2,1-4H3,(H,38,42)/t33-/m1/s1. The Hall–Kier alpha value is -3.85. The number of sulfonamides is 1. The van der Waals surface area contributed by atoms with Crippen LogP contribution in [0.5, 0.6) is 0 Å². The molecule has 0 bridgehead atoms. The van der Waals surface area contributed by atoms with Gasteiger partial charge >= 0.3 is 0 Å². The zero-order valence-electron chi connectivity index (χ0n) is 25.7. The van der Waals surface area contributed by atoms with Crippen LogP contribution < -0.4 is 9.62 Å². The van der Waals surface area contributed by atoms with Crippen molar-refractivity contribution in [3.8, 4) is 0 Å². The second kappa shape index (κ2) is 15.0. The molecule has 7 nitrogen and oxygen atoms in total. The summed E-state index contributed by atoms with van der Waals surface area (Å²) in [4.78, 5) is 29.8. The molecule has 4 aromatic carbocycles. The first-order chi connectivity index (χ1) is 21.4. The lowest BCUT2D eigenvalue weighted by Crippen LogP contribution is -2.54. The smallest absolute Gasteiger partial charge is 0.264 e. The van der Waals surface area contributed by atoms with Gasteiger partial charge in [-0.25, -0.2) is 8.42 Å². The van der Waals surface area contributed by atoms with Gasteiger partial charge in [0.15, 0.2) is 0 Å². The van der Waals surface area contributed by atoms with E-state index in [9.17, 15) is 18.0 Å². The average molecular weight is 667 g/mol. The first kappa shape index (κ1) is 34.0. The molecule has 1 atom stereocenters. The molecule has 0 aliphatic carbocycles. The Bertz CT molecular complexity index is 1750. The monoisotopic (exact) mass is 665 g/mol. The number of nitrogens with zero attached hydrogens (tertiary/aromatic N) is 2. The fourth-order valence-corrected chi connectivity index (χ4v) is 6.91. The van der Waals surface area contributed by atoms with Crippen LogP contribution in [0.15, 0.2) is 102 Å². The van der Waals surface area contributed by atoms with Crippen LogP contribution in [0, 0.1) is 13.8 Å². The van der Waals surface area contributed by atoms with Crippen LogP contribution in [-0.4, -0.2) is 43.8 Å². The minimum atomic E-state index is -4.18. The summed E-state index contributed by atoms with van der Waals surface area (Å²) in [5, 5.41) is 3.60. The van der Waals surface area contributed by atoms with Crippen LogP contribution in [0.2, 0.25) is 10.0 Å². The van der Waals surface area contributed by atoms with E-state index >= 15 is 0 Å². The quantitative estimate of drug-likeness (QED) is 0.177. The number of carbonyl (C=O) groups excluding carboxylic acids is 2. The van der Waals surface area contributed by atoms with Gasteiger partial charge in [0.05, 0.1) is 20.6 Å². The van der Waals surface area contributed by atoms with Gasteiger partial charge in [0.25, 0.3) is 10.0 Å². The number of amides is 2. The molecule has 10 heteroatoms. The molecule has 2 amide bonds. The Morgan fingerprint density at radius 2 is 1.44 bits per heavy atom. The lowest BCUT2D eigenvalue weighted by Gasteiger charge is -2.34. The van der Waals surface area contributed by atoms with E-state index in [-0.39, 0.29) is 29.8 Å². The normalized spacial score (nSPS) is 12.1. The highest BCUT2D eigenvalue weighted by Gasteiger charge is 2.35. The number of carbonyl (C=O) groups is 2. The SMILES string of the molecule is Cc1ccc(N(CC(=O)N(Cc2ccc(Cl)c(Cl)c2)[C@H](Cc2ccccc2)C(=O)NC(C)C)S(=O)(=O)c2ccccc2)c(C)c1. The Labute approximate surface area is 275 Å². The molecule has 0 aliphatic rings. The number of aryl methyl sites for hydroxylation is 2. The summed E-state index contributed by atoms with van der Waals surface area (Å²) in [6, 6.07) is 26.6. The van der Waals surface area contributed by atoms with Gasteiger partial charge in [-0.05, 0) is 74.7 Å². The third kappa shape index (κ3) is 8.66. The molecule has 0 heterocycles. The molecule has 0 aliphatic heterocycles. The van der Waals surface area contributed by atoms with E-state index < -0.39 is 28.5 Å². The van der Waals surface area contributed by atoms with E-state index in [1.807, 2.05) is 70.2 Å². The van der Waals surface area contributed by atoms with Crippen LogP contribution in [-0.2, 0) is 32.6 Å². The van der Waals surface area contributed by atoms with Crippen LogP contribution in [0.3, 0.4) is 0 Å². The summed E-state index contributed by atoms with van der Waals surface area (Å²) < 4.78 is 29.4. The van der Waals surface area contributed by atoms with Gasteiger partial charge in [-0.2, -0.15) is 0 Å². The minimum Gasteiger partial charge on any atom is -0.352 e. The Morgan fingerprint density at radius 1 is 0.800 bits per heavy atom. The first-order valence-corrected chi connectivity index (χ1v) is 16.8. The number of halogens is 2. The van der Waals surface area contributed by atoms with Crippen molar-refractivity contribution in [2.24, 2.45) is 0 Å². The highest BCUT2D eigenvalue weighted by atomic mass is 35.5. The zero-order chi connectivity index (χ0) is 32.7. The molecule has 236 valence electrons. The molecular formula is C35H37Cl2N3O4S. The van der Waals surface area contributed by atoms with Crippen LogP contribution in [0.4, 0.5) is 5.69 Å². The highest BCUT2D eigenvalue weighted by Crippen LogP contribution is 2.29. The molecule has 0 saturated heterocycles. The summed E-state index contributed by atoms with van der Waals surface area (Å²) in [7, 11) is -4.18.